The molecule has 0 aromatic heterocycles. The molecule has 1 fully saturated rings. The number of aromatic hydroxyl groups is 1. The van der Waals surface area contributed by atoms with Crippen LogP contribution in [0, 0.1) is 11.8 Å². The summed E-state index contributed by atoms with van der Waals surface area (Å²) in [5, 5.41) is 13.2. The molecule has 2 aliphatic rings. The summed E-state index contributed by atoms with van der Waals surface area (Å²) in [5.41, 5.74) is 1.37. The number of nitrogens with one attached hydrogen (secondary N) is 1. The van der Waals surface area contributed by atoms with Crippen LogP contribution >= 0.6 is 11.6 Å². The first-order chi connectivity index (χ1) is 14.0. The first kappa shape index (κ1) is 19.6. The Kier molecular flexibility index (Phi) is 5.62. The van der Waals surface area contributed by atoms with Crippen molar-refractivity contribution in [3.63, 3.8) is 0 Å². The smallest absolute Gasteiger partial charge is 0.229 e. The third kappa shape index (κ3) is 4.32. The third-order valence-corrected chi connectivity index (χ3v) is 5.85. The minimum absolute atomic E-state index is 0.0474. The summed E-state index contributed by atoms with van der Waals surface area (Å²) in [6.45, 7) is 1.44. The van der Waals surface area contributed by atoms with Crippen LogP contribution < -0.4 is 10.1 Å². The van der Waals surface area contributed by atoms with Crippen molar-refractivity contribution in [1.29, 1.82) is 0 Å². The standard InChI is InChI=1S/C22H23ClN2O4/c23-17-5-6-20-15(12-17)11-16(13-29-20)22(28)25-9-7-14(8-10-25)21(27)24-18-3-1-2-4-19(18)26/h1-6,12,14,16,26H,7-11,13H2,(H,24,27). The fourth-order valence-electron chi connectivity index (χ4n) is 3.96. The quantitative estimate of drug-likeness (QED) is 0.754. The fraction of sp³-hybridized carbons (Fsp3) is 0.364. The summed E-state index contributed by atoms with van der Waals surface area (Å²) in [4.78, 5) is 27.3. The molecule has 0 bridgehead atoms. The molecule has 152 valence electrons. The molecule has 0 saturated carbocycles. The number of benzene rings is 2. The lowest BCUT2D eigenvalue weighted by molar-refractivity contribution is -0.139. The van der Waals surface area contributed by atoms with Gasteiger partial charge in [0.15, 0.2) is 0 Å². The lowest BCUT2D eigenvalue weighted by Crippen LogP contribution is -2.46. The van der Waals surface area contributed by atoms with Gasteiger partial charge in [-0.15, -0.1) is 0 Å². The summed E-state index contributed by atoms with van der Waals surface area (Å²) in [7, 11) is 0. The summed E-state index contributed by atoms with van der Waals surface area (Å²) in [5.74, 6) is 0.371. The number of hydrogen-bond donors (Lipinski definition) is 2. The molecule has 0 radical (unpaired) electrons. The zero-order valence-corrected chi connectivity index (χ0v) is 16.7. The van der Waals surface area contributed by atoms with E-state index in [1.807, 2.05) is 17.0 Å². The van der Waals surface area contributed by atoms with Crippen molar-refractivity contribution in [2.24, 2.45) is 11.8 Å². The fourth-order valence-corrected chi connectivity index (χ4v) is 4.15. The van der Waals surface area contributed by atoms with E-state index in [0.717, 1.165) is 11.3 Å². The number of hydrogen-bond acceptors (Lipinski definition) is 4. The van der Waals surface area contributed by atoms with Gasteiger partial charge >= 0.3 is 0 Å². The lowest BCUT2D eigenvalue weighted by Gasteiger charge is -2.35. The van der Waals surface area contributed by atoms with Gasteiger partial charge in [-0.3, -0.25) is 9.59 Å². The minimum atomic E-state index is -0.229. The molecule has 29 heavy (non-hydrogen) atoms. The minimum Gasteiger partial charge on any atom is -0.506 e. The number of piperidine rings is 1. The van der Waals surface area contributed by atoms with Crippen LogP contribution in [0.3, 0.4) is 0 Å². The van der Waals surface area contributed by atoms with E-state index < -0.39 is 0 Å². The number of carbonyl (C=O) groups excluding carboxylic acids is 2. The largest absolute Gasteiger partial charge is 0.506 e. The highest BCUT2D eigenvalue weighted by Gasteiger charge is 2.33. The molecule has 2 aromatic rings. The summed E-state index contributed by atoms with van der Waals surface area (Å²) < 4.78 is 5.75. The number of anilines is 1. The number of halogens is 1. The van der Waals surface area contributed by atoms with Crippen molar-refractivity contribution in [2.45, 2.75) is 19.3 Å². The highest BCUT2D eigenvalue weighted by Crippen LogP contribution is 2.31. The van der Waals surface area contributed by atoms with E-state index in [4.69, 9.17) is 16.3 Å². The Bertz CT molecular complexity index is 925. The van der Waals surface area contributed by atoms with Crippen molar-refractivity contribution >= 4 is 29.1 Å². The molecule has 0 aliphatic carbocycles. The second kappa shape index (κ2) is 8.33. The Hall–Kier alpha value is -2.73. The van der Waals surface area contributed by atoms with Crippen molar-refractivity contribution in [3.05, 3.63) is 53.1 Å². The van der Waals surface area contributed by atoms with E-state index >= 15 is 0 Å². The van der Waals surface area contributed by atoms with Crippen LogP contribution in [0.2, 0.25) is 5.02 Å². The molecule has 1 saturated heterocycles. The van der Waals surface area contributed by atoms with Crippen LogP contribution in [0.1, 0.15) is 18.4 Å². The third-order valence-electron chi connectivity index (χ3n) is 5.62. The van der Waals surface area contributed by atoms with E-state index in [9.17, 15) is 14.7 Å². The lowest BCUT2D eigenvalue weighted by atomic mass is 9.92. The number of amides is 2. The summed E-state index contributed by atoms with van der Waals surface area (Å²) in [6, 6.07) is 12.1. The number of phenols is 1. The molecule has 0 spiro atoms. The predicted molar refractivity (Wildman–Crippen MR) is 110 cm³/mol. The Balaban J connectivity index is 1.32. The van der Waals surface area contributed by atoms with Gasteiger partial charge in [0.05, 0.1) is 11.6 Å². The topological polar surface area (TPSA) is 78.9 Å². The number of ether oxygens (including phenoxy) is 1. The number of fused-ring (bicyclic) bond motifs is 1. The number of para-hydroxylation sites is 2. The van der Waals surface area contributed by atoms with Crippen LogP contribution in [-0.2, 0) is 16.0 Å². The van der Waals surface area contributed by atoms with Gasteiger partial charge in [-0.1, -0.05) is 23.7 Å². The molecule has 1 atom stereocenters. The van der Waals surface area contributed by atoms with Crippen LogP contribution in [-0.4, -0.2) is 41.5 Å². The Morgan fingerprint density at radius 3 is 2.62 bits per heavy atom. The molecule has 1 unspecified atom stereocenters. The van der Waals surface area contributed by atoms with E-state index in [1.54, 1.807) is 24.3 Å². The molecule has 2 heterocycles. The monoisotopic (exact) mass is 414 g/mol. The van der Waals surface area contributed by atoms with Crippen LogP contribution in [0.15, 0.2) is 42.5 Å². The zero-order chi connectivity index (χ0) is 20.4. The Morgan fingerprint density at radius 1 is 1.10 bits per heavy atom. The van der Waals surface area contributed by atoms with E-state index in [1.165, 1.54) is 6.07 Å². The number of nitrogens with zero attached hydrogens (tertiary/aromatic N) is 1. The Morgan fingerprint density at radius 2 is 1.86 bits per heavy atom. The van der Waals surface area contributed by atoms with Gasteiger partial charge in [0.2, 0.25) is 11.8 Å². The zero-order valence-electron chi connectivity index (χ0n) is 15.9. The number of carbonyl (C=O) groups is 2. The molecular formula is C22H23ClN2O4. The maximum Gasteiger partial charge on any atom is 0.229 e. The van der Waals surface area contributed by atoms with Crippen molar-refractivity contribution in [1.82, 2.24) is 4.90 Å². The Labute approximate surface area is 174 Å². The van der Waals surface area contributed by atoms with Crippen molar-refractivity contribution in [2.75, 3.05) is 25.0 Å². The molecule has 2 amide bonds. The average molecular weight is 415 g/mol. The first-order valence-corrected chi connectivity index (χ1v) is 10.2. The molecule has 2 aliphatic heterocycles. The molecule has 6 nitrogen and oxygen atoms in total. The maximum absolute atomic E-state index is 12.9. The highest BCUT2D eigenvalue weighted by atomic mass is 35.5. The molecule has 2 aromatic carbocycles. The number of rotatable bonds is 3. The van der Waals surface area contributed by atoms with Gasteiger partial charge in [-0.05, 0) is 55.2 Å². The SMILES string of the molecule is O=C(Nc1ccccc1O)C1CCN(C(=O)C2COc3ccc(Cl)cc3C2)CC1. The van der Waals surface area contributed by atoms with Crippen LogP contribution in [0.25, 0.3) is 0 Å². The van der Waals surface area contributed by atoms with E-state index in [0.29, 0.717) is 49.7 Å². The van der Waals surface area contributed by atoms with Gasteiger partial charge in [0.1, 0.15) is 18.1 Å². The van der Waals surface area contributed by atoms with Gasteiger partial charge in [0, 0.05) is 24.0 Å². The maximum atomic E-state index is 12.9. The number of likely N-dealkylation sites (tertiary alicyclic amines) is 1. The van der Waals surface area contributed by atoms with Crippen molar-refractivity contribution < 1.29 is 19.4 Å². The van der Waals surface area contributed by atoms with Gasteiger partial charge in [-0.2, -0.15) is 0 Å². The molecular weight excluding hydrogens is 392 g/mol. The van der Waals surface area contributed by atoms with Crippen molar-refractivity contribution in [3.8, 4) is 11.5 Å². The van der Waals surface area contributed by atoms with Gasteiger partial charge < -0.3 is 20.1 Å². The normalized spacial score (nSPS) is 19.2. The molecule has 4 rings (SSSR count). The van der Waals surface area contributed by atoms with Gasteiger partial charge in [0.25, 0.3) is 0 Å². The number of phenolic OH excluding ortho intramolecular Hbond substituents is 1. The van der Waals surface area contributed by atoms with Crippen LogP contribution in [0.5, 0.6) is 11.5 Å². The van der Waals surface area contributed by atoms with E-state index in [2.05, 4.69) is 5.32 Å². The van der Waals surface area contributed by atoms with E-state index in [-0.39, 0.29) is 29.4 Å². The van der Waals surface area contributed by atoms with Gasteiger partial charge in [-0.25, -0.2) is 0 Å². The second-order valence-corrected chi connectivity index (χ2v) is 8.01. The van der Waals surface area contributed by atoms with Crippen LogP contribution in [0.4, 0.5) is 5.69 Å². The predicted octanol–water partition coefficient (Wildman–Crippen LogP) is 3.47. The summed E-state index contributed by atoms with van der Waals surface area (Å²) >= 11 is 6.06. The molecule has 7 heteroatoms. The second-order valence-electron chi connectivity index (χ2n) is 7.57. The highest BCUT2D eigenvalue weighted by molar-refractivity contribution is 6.30. The first-order valence-electron chi connectivity index (χ1n) is 9.80. The molecule has 2 N–H and O–H groups in total. The average Bonchev–Trinajstić information content (AvgIpc) is 2.74. The summed E-state index contributed by atoms with van der Waals surface area (Å²) in [6.07, 6.45) is 1.81.